The van der Waals surface area contributed by atoms with Crippen LogP contribution in [0.4, 0.5) is 0 Å². The fourth-order valence-electron chi connectivity index (χ4n) is 2.33. The molecule has 5 nitrogen and oxygen atoms in total. The van der Waals surface area contributed by atoms with Crippen molar-refractivity contribution in [2.24, 2.45) is 11.1 Å². The minimum absolute atomic E-state index is 0.0836. The van der Waals surface area contributed by atoms with Crippen molar-refractivity contribution < 1.29 is 9.26 Å². The summed E-state index contributed by atoms with van der Waals surface area (Å²) in [5.41, 5.74) is 5.60. The van der Waals surface area contributed by atoms with Gasteiger partial charge in [-0.2, -0.15) is 4.98 Å². The van der Waals surface area contributed by atoms with Crippen LogP contribution in [-0.4, -0.2) is 23.8 Å². The highest BCUT2D eigenvalue weighted by molar-refractivity contribution is 5.07. The van der Waals surface area contributed by atoms with Gasteiger partial charge in [-0.3, -0.25) is 0 Å². The normalized spacial score (nSPS) is 14.7. The fourth-order valence-corrected chi connectivity index (χ4v) is 2.33. The first-order valence-electron chi connectivity index (χ1n) is 6.91. The van der Waals surface area contributed by atoms with Crippen LogP contribution in [0.2, 0.25) is 0 Å². The van der Waals surface area contributed by atoms with Crippen LogP contribution in [0.5, 0.6) is 0 Å². The Hall–Kier alpha value is -0.940. The zero-order valence-corrected chi connectivity index (χ0v) is 13.0. The van der Waals surface area contributed by atoms with Gasteiger partial charge in [-0.15, -0.1) is 0 Å². The number of nitrogens with zero attached hydrogens (tertiary/aromatic N) is 2. The summed E-state index contributed by atoms with van der Waals surface area (Å²) in [5, 5.41) is 4.10. The van der Waals surface area contributed by atoms with Gasteiger partial charge in [0.05, 0.1) is 5.41 Å². The summed E-state index contributed by atoms with van der Waals surface area (Å²) in [6, 6.07) is 0. The van der Waals surface area contributed by atoms with Crippen molar-refractivity contribution in [1.82, 2.24) is 10.1 Å². The molecule has 0 fully saturated rings. The molecule has 0 aliphatic rings. The van der Waals surface area contributed by atoms with Crippen LogP contribution >= 0.6 is 0 Å². The van der Waals surface area contributed by atoms with E-state index in [1.807, 2.05) is 0 Å². The molecule has 0 aliphatic heterocycles. The molecule has 19 heavy (non-hydrogen) atoms. The van der Waals surface area contributed by atoms with Crippen LogP contribution in [0.25, 0.3) is 0 Å². The molecule has 1 unspecified atom stereocenters. The van der Waals surface area contributed by atoms with E-state index < -0.39 is 0 Å². The van der Waals surface area contributed by atoms with E-state index >= 15 is 0 Å². The van der Waals surface area contributed by atoms with Crippen molar-refractivity contribution in [3.8, 4) is 0 Å². The van der Waals surface area contributed by atoms with Crippen molar-refractivity contribution in [3.63, 3.8) is 0 Å². The van der Waals surface area contributed by atoms with Crippen LogP contribution in [-0.2, 0) is 10.2 Å². The molecule has 0 saturated heterocycles. The summed E-state index contributed by atoms with van der Waals surface area (Å²) in [4.78, 5) is 4.55. The maximum absolute atomic E-state index is 5.91. The SMILES string of the molecule is CCC(CC)(CN)c1nc(C(OC)C(C)(C)C)no1. The quantitative estimate of drug-likeness (QED) is 0.859. The van der Waals surface area contributed by atoms with E-state index in [0.717, 1.165) is 12.8 Å². The monoisotopic (exact) mass is 269 g/mol. The minimum Gasteiger partial charge on any atom is -0.373 e. The van der Waals surface area contributed by atoms with Crippen LogP contribution in [0.1, 0.15) is 65.3 Å². The fraction of sp³-hybridized carbons (Fsp3) is 0.857. The summed E-state index contributed by atoms with van der Waals surface area (Å²) in [6.45, 7) is 11.0. The van der Waals surface area contributed by atoms with Crippen molar-refractivity contribution >= 4 is 0 Å². The number of hydrogen-bond acceptors (Lipinski definition) is 5. The predicted molar refractivity (Wildman–Crippen MR) is 74.8 cm³/mol. The average molecular weight is 269 g/mol. The van der Waals surface area contributed by atoms with E-state index in [4.69, 9.17) is 15.0 Å². The van der Waals surface area contributed by atoms with E-state index in [2.05, 4.69) is 44.8 Å². The van der Waals surface area contributed by atoms with E-state index in [1.54, 1.807) is 7.11 Å². The molecule has 1 aromatic rings. The lowest BCUT2D eigenvalue weighted by atomic mass is 9.82. The molecular formula is C14H27N3O2. The van der Waals surface area contributed by atoms with E-state index in [0.29, 0.717) is 18.3 Å². The van der Waals surface area contributed by atoms with Gasteiger partial charge < -0.3 is 15.0 Å². The Morgan fingerprint density at radius 2 is 1.84 bits per heavy atom. The first-order valence-corrected chi connectivity index (χ1v) is 6.91. The van der Waals surface area contributed by atoms with Gasteiger partial charge in [0.2, 0.25) is 11.7 Å². The average Bonchev–Trinajstić information content (AvgIpc) is 2.81. The van der Waals surface area contributed by atoms with Crippen LogP contribution in [0, 0.1) is 5.41 Å². The molecule has 1 heterocycles. The van der Waals surface area contributed by atoms with Crippen molar-refractivity contribution in [1.29, 1.82) is 0 Å². The Kier molecular flexibility index (Phi) is 5.10. The lowest BCUT2D eigenvalue weighted by molar-refractivity contribution is 0.00718. The largest absolute Gasteiger partial charge is 0.373 e. The molecule has 0 radical (unpaired) electrons. The molecule has 110 valence electrons. The van der Waals surface area contributed by atoms with Crippen molar-refractivity contribution in [2.75, 3.05) is 13.7 Å². The van der Waals surface area contributed by atoms with Gasteiger partial charge in [0, 0.05) is 13.7 Å². The Morgan fingerprint density at radius 1 is 1.26 bits per heavy atom. The first kappa shape index (κ1) is 16.1. The van der Waals surface area contributed by atoms with Crippen LogP contribution in [0.3, 0.4) is 0 Å². The molecule has 0 saturated carbocycles. The molecular weight excluding hydrogens is 242 g/mol. The number of aromatic nitrogens is 2. The molecule has 2 N–H and O–H groups in total. The molecule has 0 spiro atoms. The summed E-state index contributed by atoms with van der Waals surface area (Å²) in [7, 11) is 1.67. The Morgan fingerprint density at radius 3 is 2.21 bits per heavy atom. The standard InChI is InChI=1S/C14H27N3O2/c1-7-14(8-2,9-15)12-16-11(17-19-12)10(18-6)13(3,4)5/h10H,7-9,15H2,1-6H3. The summed E-state index contributed by atoms with van der Waals surface area (Å²) < 4.78 is 11.0. The second kappa shape index (κ2) is 6.01. The Balaban J connectivity index is 3.11. The number of hydrogen-bond donors (Lipinski definition) is 1. The van der Waals surface area contributed by atoms with Gasteiger partial charge >= 0.3 is 0 Å². The van der Waals surface area contributed by atoms with Gasteiger partial charge in [-0.25, -0.2) is 0 Å². The Bertz CT molecular complexity index is 383. The minimum atomic E-state index is -0.221. The lowest BCUT2D eigenvalue weighted by Crippen LogP contribution is -2.34. The zero-order valence-electron chi connectivity index (χ0n) is 13.0. The van der Waals surface area contributed by atoms with Gasteiger partial charge in [-0.1, -0.05) is 39.8 Å². The molecule has 1 atom stereocenters. The highest BCUT2D eigenvalue weighted by Crippen LogP contribution is 2.36. The summed E-state index contributed by atoms with van der Waals surface area (Å²) in [6.07, 6.45) is 1.58. The molecule has 0 amide bonds. The molecule has 0 aromatic carbocycles. The molecule has 0 aliphatic carbocycles. The second-order valence-electron chi connectivity index (χ2n) is 6.13. The number of nitrogens with two attached hydrogens (primary N) is 1. The predicted octanol–water partition coefficient (Wildman–Crippen LogP) is 2.82. The number of ether oxygens (including phenoxy) is 1. The summed E-state index contributed by atoms with van der Waals surface area (Å²) >= 11 is 0. The molecule has 1 aromatic heterocycles. The van der Waals surface area contributed by atoms with Gasteiger partial charge in [0.15, 0.2) is 0 Å². The Labute approximate surface area is 115 Å². The van der Waals surface area contributed by atoms with Crippen molar-refractivity contribution in [3.05, 3.63) is 11.7 Å². The molecule has 0 bridgehead atoms. The zero-order chi connectivity index (χ0) is 14.7. The number of rotatable bonds is 6. The van der Waals surface area contributed by atoms with E-state index in [1.165, 1.54) is 0 Å². The smallest absolute Gasteiger partial charge is 0.234 e. The van der Waals surface area contributed by atoms with Crippen LogP contribution < -0.4 is 5.73 Å². The second-order valence-corrected chi connectivity index (χ2v) is 6.13. The molecule has 5 heteroatoms. The summed E-state index contributed by atoms with van der Waals surface area (Å²) in [5.74, 6) is 1.23. The topological polar surface area (TPSA) is 74.2 Å². The third kappa shape index (κ3) is 3.15. The maximum Gasteiger partial charge on any atom is 0.234 e. The lowest BCUT2D eigenvalue weighted by Gasteiger charge is -2.27. The highest BCUT2D eigenvalue weighted by atomic mass is 16.5. The van der Waals surface area contributed by atoms with E-state index in [9.17, 15) is 0 Å². The third-order valence-electron chi connectivity index (χ3n) is 3.90. The molecule has 1 rings (SSSR count). The van der Waals surface area contributed by atoms with Gasteiger partial charge in [0.25, 0.3) is 0 Å². The van der Waals surface area contributed by atoms with Gasteiger partial charge in [0.1, 0.15) is 6.10 Å². The van der Waals surface area contributed by atoms with Crippen LogP contribution in [0.15, 0.2) is 4.52 Å². The number of methoxy groups -OCH3 is 1. The maximum atomic E-state index is 5.91. The van der Waals surface area contributed by atoms with Gasteiger partial charge in [-0.05, 0) is 18.3 Å². The van der Waals surface area contributed by atoms with Crippen molar-refractivity contribution in [2.45, 2.75) is 59.0 Å². The van der Waals surface area contributed by atoms with E-state index in [-0.39, 0.29) is 16.9 Å². The third-order valence-corrected chi connectivity index (χ3v) is 3.90. The highest BCUT2D eigenvalue weighted by Gasteiger charge is 2.36. The first-order chi connectivity index (χ1) is 8.84.